The predicted octanol–water partition coefficient (Wildman–Crippen LogP) is 4.28. The van der Waals surface area contributed by atoms with Gasteiger partial charge >= 0.3 is 0 Å². The standard InChI is InChI=1S/C25H26N2O3/c28-25(27-15-17-29-18-16-27)24(21-9-5-2-6-10-21)26-22-11-13-23(14-12-22)30-19-20-7-3-1-4-8-20/h1-14,24,26H,15-19H2/t24-/m0/s1. The first kappa shape index (κ1) is 20.0. The minimum absolute atomic E-state index is 0.0638. The van der Waals surface area contributed by atoms with Crippen molar-refractivity contribution in [1.29, 1.82) is 0 Å². The number of amides is 1. The molecule has 0 bridgehead atoms. The Morgan fingerprint density at radius 3 is 2.20 bits per heavy atom. The second-order valence-corrected chi connectivity index (χ2v) is 7.22. The van der Waals surface area contributed by atoms with Gasteiger partial charge in [0.1, 0.15) is 18.4 Å². The zero-order valence-electron chi connectivity index (χ0n) is 16.9. The third kappa shape index (κ3) is 5.19. The van der Waals surface area contributed by atoms with E-state index in [4.69, 9.17) is 9.47 Å². The first-order chi connectivity index (χ1) is 14.8. The van der Waals surface area contributed by atoms with Crippen LogP contribution in [0.1, 0.15) is 17.2 Å². The zero-order valence-corrected chi connectivity index (χ0v) is 16.9. The van der Waals surface area contributed by atoms with E-state index >= 15 is 0 Å². The molecule has 0 radical (unpaired) electrons. The highest BCUT2D eigenvalue weighted by molar-refractivity contribution is 5.86. The molecule has 1 amide bonds. The summed E-state index contributed by atoms with van der Waals surface area (Å²) < 4.78 is 11.3. The number of carbonyl (C=O) groups is 1. The number of anilines is 1. The Hall–Kier alpha value is -3.31. The van der Waals surface area contributed by atoms with E-state index in [1.165, 1.54) is 0 Å². The zero-order chi connectivity index (χ0) is 20.6. The molecule has 0 aromatic heterocycles. The summed E-state index contributed by atoms with van der Waals surface area (Å²) >= 11 is 0. The molecule has 3 aromatic rings. The average Bonchev–Trinajstić information content (AvgIpc) is 2.83. The summed E-state index contributed by atoms with van der Waals surface area (Å²) in [6.45, 7) is 2.93. The molecule has 1 saturated heterocycles. The average molecular weight is 402 g/mol. The van der Waals surface area contributed by atoms with Crippen molar-refractivity contribution in [2.45, 2.75) is 12.6 Å². The lowest BCUT2D eigenvalue weighted by Crippen LogP contribution is -2.44. The van der Waals surface area contributed by atoms with E-state index in [9.17, 15) is 4.79 Å². The molecule has 1 aliphatic rings. The monoisotopic (exact) mass is 402 g/mol. The summed E-state index contributed by atoms with van der Waals surface area (Å²) in [5.74, 6) is 0.856. The quantitative estimate of drug-likeness (QED) is 0.641. The van der Waals surface area contributed by atoms with Gasteiger partial charge in [0.25, 0.3) is 0 Å². The van der Waals surface area contributed by atoms with Crippen LogP contribution in [-0.2, 0) is 16.1 Å². The maximum atomic E-state index is 13.2. The fourth-order valence-electron chi connectivity index (χ4n) is 3.45. The van der Waals surface area contributed by atoms with Gasteiger partial charge in [-0.05, 0) is 35.4 Å². The highest BCUT2D eigenvalue weighted by Crippen LogP contribution is 2.24. The van der Waals surface area contributed by atoms with E-state index in [0.717, 1.165) is 22.6 Å². The van der Waals surface area contributed by atoms with Gasteiger partial charge < -0.3 is 19.7 Å². The fourth-order valence-corrected chi connectivity index (χ4v) is 3.45. The summed E-state index contributed by atoms with van der Waals surface area (Å²) in [5, 5.41) is 3.41. The second kappa shape index (κ2) is 9.94. The van der Waals surface area contributed by atoms with Gasteiger partial charge in [-0.1, -0.05) is 60.7 Å². The predicted molar refractivity (Wildman–Crippen MR) is 117 cm³/mol. The van der Waals surface area contributed by atoms with Gasteiger partial charge in [-0.15, -0.1) is 0 Å². The molecule has 1 aliphatic heterocycles. The van der Waals surface area contributed by atoms with Gasteiger partial charge in [-0.3, -0.25) is 4.79 Å². The molecule has 0 saturated carbocycles. The lowest BCUT2D eigenvalue weighted by atomic mass is 10.0. The maximum Gasteiger partial charge on any atom is 0.249 e. The van der Waals surface area contributed by atoms with Crippen LogP contribution in [0.15, 0.2) is 84.9 Å². The lowest BCUT2D eigenvalue weighted by Gasteiger charge is -2.31. The Morgan fingerprint density at radius 1 is 0.900 bits per heavy atom. The Morgan fingerprint density at radius 2 is 1.53 bits per heavy atom. The van der Waals surface area contributed by atoms with Crippen LogP contribution in [-0.4, -0.2) is 37.1 Å². The van der Waals surface area contributed by atoms with Crippen molar-refractivity contribution < 1.29 is 14.3 Å². The van der Waals surface area contributed by atoms with Crippen molar-refractivity contribution in [3.05, 3.63) is 96.1 Å². The second-order valence-electron chi connectivity index (χ2n) is 7.22. The van der Waals surface area contributed by atoms with Crippen LogP contribution in [0.5, 0.6) is 5.75 Å². The van der Waals surface area contributed by atoms with Crippen LogP contribution >= 0.6 is 0 Å². The number of nitrogens with one attached hydrogen (secondary N) is 1. The number of morpholine rings is 1. The molecule has 1 heterocycles. The number of hydrogen-bond acceptors (Lipinski definition) is 4. The SMILES string of the molecule is O=C([C@@H](Nc1ccc(OCc2ccccc2)cc1)c1ccccc1)N1CCOCC1. The van der Waals surface area contributed by atoms with E-state index in [2.05, 4.69) is 5.32 Å². The number of carbonyl (C=O) groups excluding carboxylic acids is 1. The maximum absolute atomic E-state index is 13.2. The van der Waals surface area contributed by atoms with E-state index < -0.39 is 6.04 Å². The highest BCUT2D eigenvalue weighted by Gasteiger charge is 2.27. The Kier molecular flexibility index (Phi) is 6.62. The summed E-state index contributed by atoms with van der Waals surface area (Å²) in [7, 11) is 0. The third-order valence-corrected chi connectivity index (χ3v) is 5.12. The van der Waals surface area contributed by atoms with Gasteiger partial charge in [0.2, 0.25) is 5.91 Å². The van der Waals surface area contributed by atoms with Crippen LogP contribution < -0.4 is 10.1 Å². The number of ether oxygens (including phenoxy) is 2. The van der Waals surface area contributed by atoms with Gasteiger partial charge in [0, 0.05) is 18.8 Å². The van der Waals surface area contributed by atoms with Crippen molar-refractivity contribution in [2.75, 3.05) is 31.6 Å². The van der Waals surface area contributed by atoms with Crippen molar-refractivity contribution >= 4 is 11.6 Å². The third-order valence-electron chi connectivity index (χ3n) is 5.12. The first-order valence-electron chi connectivity index (χ1n) is 10.2. The molecular weight excluding hydrogens is 376 g/mol. The molecule has 5 nitrogen and oxygen atoms in total. The summed E-state index contributed by atoms with van der Waals surface area (Å²) in [6.07, 6.45) is 0. The smallest absolute Gasteiger partial charge is 0.249 e. The van der Waals surface area contributed by atoms with E-state index in [1.54, 1.807) is 0 Å². The Balaban J connectivity index is 1.45. The number of nitrogens with zero attached hydrogens (tertiary/aromatic N) is 1. The minimum Gasteiger partial charge on any atom is -0.489 e. The molecule has 3 aromatic carbocycles. The van der Waals surface area contributed by atoms with Gasteiger partial charge in [-0.25, -0.2) is 0 Å². The van der Waals surface area contributed by atoms with Gasteiger partial charge in [0.05, 0.1) is 13.2 Å². The van der Waals surface area contributed by atoms with E-state index in [1.807, 2.05) is 89.8 Å². The minimum atomic E-state index is -0.444. The topological polar surface area (TPSA) is 50.8 Å². The van der Waals surface area contributed by atoms with Crippen molar-refractivity contribution in [2.24, 2.45) is 0 Å². The van der Waals surface area contributed by atoms with Gasteiger partial charge in [0.15, 0.2) is 0 Å². The van der Waals surface area contributed by atoms with Crippen molar-refractivity contribution in [3.8, 4) is 5.75 Å². The van der Waals surface area contributed by atoms with Gasteiger partial charge in [-0.2, -0.15) is 0 Å². The molecular formula is C25H26N2O3. The van der Waals surface area contributed by atoms with Crippen LogP contribution in [0, 0.1) is 0 Å². The van der Waals surface area contributed by atoms with Crippen LogP contribution in [0.25, 0.3) is 0 Å². The summed E-state index contributed by atoms with van der Waals surface area (Å²) in [5.41, 5.74) is 2.94. The van der Waals surface area contributed by atoms with Crippen molar-refractivity contribution in [1.82, 2.24) is 4.90 Å². The first-order valence-corrected chi connectivity index (χ1v) is 10.2. The van der Waals surface area contributed by atoms with E-state index in [-0.39, 0.29) is 5.91 Å². The summed E-state index contributed by atoms with van der Waals surface area (Å²) in [6, 6.07) is 27.2. The van der Waals surface area contributed by atoms with Crippen LogP contribution in [0.4, 0.5) is 5.69 Å². The number of benzene rings is 3. The number of rotatable bonds is 7. The Bertz CT molecular complexity index is 924. The van der Waals surface area contributed by atoms with E-state index in [0.29, 0.717) is 32.9 Å². The molecule has 5 heteroatoms. The van der Waals surface area contributed by atoms with Crippen LogP contribution in [0.2, 0.25) is 0 Å². The number of hydrogen-bond donors (Lipinski definition) is 1. The fraction of sp³-hybridized carbons (Fsp3) is 0.240. The van der Waals surface area contributed by atoms with Crippen LogP contribution in [0.3, 0.4) is 0 Å². The normalized spacial score (nSPS) is 14.7. The molecule has 1 N–H and O–H groups in total. The molecule has 1 atom stereocenters. The molecule has 4 rings (SSSR count). The molecule has 0 spiro atoms. The largest absolute Gasteiger partial charge is 0.489 e. The lowest BCUT2D eigenvalue weighted by molar-refractivity contribution is -0.136. The summed E-state index contributed by atoms with van der Waals surface area (Å²) in [4.78, 5) is 15.1. The molecule has 154 valence electrons. The molecule has 0 aliphatic carbocycles. The highest BCUT2D eigenvalue weighted by atomic mass is 16.5. The molecule has 0 unspecified atom stereocenters. The van der Waals surface area contributed by atoms with Crippen molar-refractivity contribution in [3.63, 3.8) is 0 Å². The molecule has 30 heavy (non-hydrogen) atoms. The molecule has 1 fully saturated rings. The Labute approximate surface area is 177 Å².